The first-order chi connectivity index (χ1) is 22.5. The van der Waals surface area contributed by atoms with Gasteiger partial charge in [-0.25, -0.2) is 8.42 Å². The molecule has 0 saturated carbocycles. The molecule has 0 bridgehead atoms. The molecule has 0 saturated heterocycles. The summed E-state index contributed by atoms with van der Waals surface area (Å²) in [7, 11) is -2.84. The molecular formula is C35H36Cl3N3O5S. The van der Waals surface area contributed by atoms with E-state index in [1.807, 2.05) is 37.3 Å². The van der Waals surface area contributed by atoms with Crippen LogP contribution in [0.4, 0.5) is 5.69 Å². The SMILES string of the molecule is CCCCNC(=O)[C@H](Cc1ccccc1)N(Cc1c(Cl)cccc1Cl)C(=O)CN(c1cccc(Cl)c1)S(=O)(=O)c1ccc(OC)cc1. The number of ether oxygens (including phenoxy) is 1. The standard InChI is InChI=1S/C35H36Cl3N3O5S/c1-3-4-20-39-35(43)33(21-25-10-6-5-7-11-25)40(23-30-31(37)14-9-15-32(30)38)34(42)24-41(27-13-8-12-26(36)22-27)47(44,45)29-18-16-28(46-2)17-19-29/h5-19,22,33H,3-4,20-21,23-24H2,1-2H3,(H,39,43)/t33-/m0/s1. The van der Waals surface area contributed by atoms with Gasteiger partial charge in [0.2, 0.25) is 11.8 Å². The summed E-state index contributed by atoms with van der Waals surface area (Å²) in [6.07, 6.45) is 1.77. The maximum atomic E-state index is 14.6. The van der Waals surface area contributed by atoms with Gasteiger partial charge < -0.3 is 15.0 Å². The minimum Gasteiger partial charge on any atom is -0.497 e. The fourth-order valence-electron chi connectivity index (χ4n) is 4.95. The summed E-state index contributed by atoms with van der Waals surface area (Å²) in [4.78, 5) is 29.7. The largest absolute Gasteiger partial charge is 0.497 e. The highest BCUT2D eigenvalue weighted by atomic mass is 35.5. The summed E-state index contributed by atoms with van der Waals surface area (Å²) in [6, 6.07) is 25.3. The van der Waals surface area contributed by atoms with Gasteiger partial charge in [-0.15, -0.1) is 0 Å². The van der Waals surface area contributed by atoms with Crippen molar-refractivity contribution in [1.82, 2.24) is 10.2 Å². The highest BCUT2D eigenvalue weighted by molar-refractivity contribution is 7.92. The number of benzene rings is 4. The van der Waals surface area contributed by atoms with Crippen molar-refractivity contribution in [2.45, 2.75) is 43.7 Å². The molecule has 4 aromatic rings. The van der Waals surface area contributed by atoms with E-state index in [9.17, 15) is 18.0 Å². The Labute approximate surface area is 291 Å². The molecule has 12 heteroatoms. The zero-order chi connectivity index (χ0) is 34.0. The Morgan fingerprint density at radius 2 is 1.53 bits per heavy atom. The first kappa shape index (κ1) is 36.1. The molecule has 47 heavy (non-hydrogen) atoms. The Balaban J connectivity index is 1.82. The van der Waals surface area contributed by atoms with E-state index in [1.165, 1.54) is 42.3 Å². The van der Waals surface area contributed by atoms with Crippen LogP contribution in [0.2, 0.25) is 15.1 Å². The molecule has 1 atom stereocenters. The number of rotatable bonds is 15. The Hall–Kier alpha value is -3.76. The third-order valence-electron chi connectivity index (χ3n) is 7.51. The van der Waals surface area contributed by atoms with Gasteiger partial charge in [0.15, 0.2) is 0 Å². The summed E-state index contributed by atoms with van der Waals surface area (Å²) in [6.45, 7) is 1.62. The summed E-state index contributed by atoms with van der Waals surface area (Å²) in [5, 5.41) is 3.84. The van der Waals surface area contributed by atoms with Crippen LogP contribution < -0.4 is 14.4 Å². The van der Waals surface area contributed by atoms with Crippen LogP contribution in [-0.2, 0) is 32.6 Å². The Morgan fingerprint density at radius 3 is 2.15 bits per heavy atom. The molecule has 8 nitrogen and oxygen atoms in total. The molecule has 2 amide bonds. The number of hydrogen-bond donors (Lipinski definition) is 1. The third kappa shape index (κ3) is 9.41. The molecule has 0 aliphatic heterocycles. The number of nitrogens with one attached hydrogen (secondary N) is 1. The highest BCUT2D eigenvalue weighted by Gasteiger charge is 2.35. The second kappa shape index (κ2) is 16.9. The van der Waals surface area contributed by atoms with Gasteiger partial charge in [0.05, 0.1) is 17.7 Å². The second-order valence-corrected chi connectivity index (χ2v) is 13.9. The number of unbranched alkanes of at least 4 members (excludes halogenated alkanes) is 1. The van der Waals surface area contributed by atoms with Crippen molar-refractivity contribution in [3.05, 3.63) is 123 Å². The Kier molecular flexibility index (Phi) is 13.0. The monoisotopic (exact) mass is 715 g/mol. The first-order valence-corrected chi connectivity index (χ1v) is 17.6. The topological polar surface area (TPSA) is 96.0 Å². The fourth-order valence-corrected chi connectivity index (χ4v) is 7.06. The molecule has 4 rings (SSSR count). The van der Waals surface area contributed by atoms with E-state index in [-0.39, 0.29) is 34.5 Å². The predicted molar refractivity (Wildman–Crippen MR) is 188 cm³/mol. The highest BCUT2D eigenvalue weighted by Crippen LogP contribution is 2.30. The molecule has 0 radical (unpaired) electrons. The summed E-state index contributed by atoms with van der Waals surface area (Å²) in [5.41, 5.74) is 1.41. The number of amides is 2. The van der Waals surface area contributed by atoms with E-state index in [2.05, 4.69) is 5.32 Å². The maximum Gasteiger partial charge on any atom is 0.264 e. The van der Waals surface area contributed by atoms with Crippen molar-refractivity contribution < 1.29 is 22.7 Å². The Bertz CT molecular complexity index is 1750. The average molecular weight is 717 g/mol. The molecule has 0 spiro atoms. The summed E-state index contributed by atoms with van der Waals surface area (Å²) in [5.74, 6) is -0.564. The van der Waals surface area contributed by atoms with Crippen LogP contribution in [0.25, 0.3) is 0 Å². The van der Waals surface area contributed by atoms with Crippen LogP contribution in [0.1, 0.15) is 30.9 Å². The number of halogens is 3. The summed E-state index contributed by atoms with van der Waals surface area (Å²) < 4.78 is 34.6. The number of nitrogens with zero attached hydrogens (tertiary/aromatic N) is 2. The number of methoxy groups -OCH3 is 1. The van der Waals surface area contributed by atoms with E-state index >= 15 is 0 Å². The number of carbonyl (C=O) groups excluding carboxylic acids is 2. The van der Waals surface area contributed by atoms with E-state index < -0.39 is 28.5 Å². The van der Waals surface area contributed by atoms with Crippen LogP contribution in [0.3, 0.4) is 0 Å². The third-order valence-corrected chi connectivity index (χ3v) is 10.2. The van der Waals surface area contributed by atoms with Gasteiger partial charge in [-0.3, -0.25) is 13.9 Å². The molecule has 0 aliphatic rings. The average Bonchev–Trinajstić information content (AvgIpc) is 3.06. The van der Waals surface area contributed by atoms with E-state index in [4.69, 9.17) is 39.5 Å². The van der Waals surface area contributed by atoms with Crippen molar-refractivity contribution in [3.63, 3.8) is 0 Å². The lowest BCUT2D eigenvalue weighted by atomic mass is 10.0. The molecule has 1 N–H and O–H groups in total. The lowest BCUT2D eigenvalue weighted by Gasteiger charge is -2.34. The van der Waals surface area contributed by atoms with Gasteiger partial charge in [-0.05, 0) is 66.6 Å². The van der Waals surface area contributed by atoms with Gasteiger partial charge in [0.1, 0.15) is 18.3 Å². The molecule has 0 fully saturated rings. The smallest absolute Gasteiger partial charge is 0.264 e. The van der Waals surface area contributed by atoms with Crippen LogP contribution in [0.5, 0.6) is 5.75 Å². The lowest BCUT2D eigenvalue weighted by molar-refractivity contribution is -0.140. The van der Waals surface area contributed by atoms with Crippen molar-refractivity contribution in [2.75, 3.05) is 24.5 Å². The van der Waals surface area contributed by atoms with Crippen LogP contribution in [0.15, 0.2) is 102 Å². The minimum absolute atomic E-state index is 0.0649. The molecule has 4 aromatic carbocycles. The van der Waals surface area contributed by atoms with Crippen molar-refractivity contribution in [3.8, 4) is 5.75 Å². The second-order valence-electron chi connectivity index (χ2n) is 10.7. The van der Waals surface area contributed by atoms with E-state index in [0.717, 1.165) is 22.7 Å². The number of carbonyl (C=O) groups is 2. The zero-order valence-electron chi connectivity index (χ0n) is 26.0. The maximum absolute atomic E-state index is 14.6. The van der Waals surface area contributed by atoms with Gasteiger partial charge >= 0.3 is 0 Å². The van der Waals surface area contributed by atoms with E-state index in [0.29, 0.717) is 27.9 Å². The van der Waals surface area contributed by atoms with Gasteiger partial charge in [-0.1, -0.05) is 90.6 Å². The molecule has 248 valence electrons. The van der Waals surface area contributed by atoms with Crippen molar-refractivity contribution in [1.29, 1.82) is 0 Å². The van der Waals surface area contributed by atoms with Gasteiger partial charge in [0, 0.05) is 40.1 Å². The van der Waals surface area contributed by atoms with E-state index in [1.54, 1.807) is 36.4 Å². The fraction of sp³-hybridized carbons (Fsp3) is 0.257. The van der Waals surface area contributed by atoms with Crippen LogP contribution in [0, 0.1) is 0 Å². The normalized spacial score (nSPS) is 11.9. The molecule has 0 aliphatic carbocycles. The molecule has 0 unspecified atom stereocenters. The van der Waals surface area contributed by atoms with Crippen LogP contribution >= 0.6 is 34.8 Å². The minimum atomic E-state index is -4.32. The number of anilines is 1. The first-order valence-electron chi connectivity index (χ1n) is 15.0. The van der Waals surface area contributed by atoms with Crippen molar-refractivity contribution >= 4 is 62.3 Å². The lowest BCUT2D eigenvalue weighted by Crippen LogP contribution is -2.53. The zero-order valence-corrected chi connectivity index (χ0v) is 29.1. The predicted octanol–water partition coefficient (Wildman–Crippen LogP) is 7.41. The van der Waals surface area contributed by atoms with Gasteiger partial charge in [-0.2, -0.15) is 0 Å². The molecular weight excluding hydrogens is 681 g/mol. The summed E-state index contributed by atoms with van der Waals surface area (Å²) >= 11 is 19.4. The number of hydrogen-bond acceptors (Lipinski definition) is 5. The molecule has 0 aromatic heterocycles. The van der Waals surface area contributed by atoms with Gasteiger partial charge in [0.25, 0.3) is 10.0 Å². The number of sulfonamides is 1. The molecule has 0 heterocycles. The Morgan fingerprint density at radius 1 is 0.872 bits per heavy atom. The van der Waals surface area contributed by atoms with Crippen molar-refractivity contribution in [2.24, 2.45) is 0 Å². The quantitative estimate of drug-likeness (QED) is 0.129. The van der Waals surface area contributed by atoms with Crippen LogP contribution in [-0.4, -0.2) is 51.4 Å².